The first-order valence-corrected chi connectivity index (χ1v) is 6.75. The number of nitro groups is 1. The van der Waals surface area contributed by atoms with Crippen molar-refractivity contribution in [3.8, 4) is 0 Å². The highest BCUT2D eigenvalue weighted by molar-refractivity contribution is 7.88. The Kier molecular flexibility index (Phi) is 3.53. The van der Waals surface area contributed by atoms with Gasteiger partial charge in [-0.3, -0.25) is 10.1 Å². The normalized spacial score (nSPS) is 12.4. The van der Waals surface area contributed by atoms with Crippen LogP contribution in [0.5, 0.6) is 0 Å². The van der Waals surface area contributed by atoms with E-state index in [1.54, 1.807) is 19.9 Å². The monoisotopic (exact) mass is 258 g/mol. The lowest BCUT2D eigenvalue weighted by atomic mass is 9.95. The van der Waals surface area contributed by atoms with Crippen LogP contribution in [0, 0.1) is 10.1 Å². The molecule has 0 aliphatic rings. The van der Waals surface area contributed by atoms with E-state index < -0.39 is 20.5 Å². The summed E-state index contributed by atoms with van der Waals surface area (Å²) in [6, 6.07) is 5.89. The molecule has 6 nitrogen and oxygen atoms in total. The van der Waals surface area contributed by atoms with Gasteiger partial charge in [-0.05, 0) is 19.4 Å². The molecule has 0 aromatic heterocycles. The molecule has 17 heavy (non-hydrogen) atoms. The smallest absolute Gasteiger partial charge is 0.258 e. The summed E-state index contributed by atoms with van der Waals surface area (Å²) in [5, 5.41) is 10.6. The highest BCUT2D eigenvalue weighted by Gasteiger charge is 2.25. The fraction of sp³-hybridized carbons (Fsp3) is 0.400. The first kappa shape index (κ1) is 13.6. The summed E-state index contributed by atoms with van der Waals surface area (Å²) in [5.41, 5.74) is -0.414. The van der Waals surface area contributed by atoms with Crippen molar-refractivity contribution < 1.29 is 13.3 Å². The molecule has 0 radical (unpaired) electrons. The number of hydrogen-bond donors (Lipinski definition) is 1. The Labute approximate surface area is 99.9 Å². The minimum atomic E-state index is -3.38. The summed E-state index contributed by atoms with van der Waals surface area (Å²) in [7, 11) is -3.38. The molecule has 0 saturated carbocycles. The van der Waals surface area contributed by atoms with Crippen molar-refractivity contribution in [2.75, 3.05) is 6.26 Å². The molecule has 7 heteroatoms. The van der Waals surface area contributed by atoms with Gasteiger partial charge >= 0.3 is 0 Å². The van der Waals surface area contributed by atoms with Crippen molar-refractivity contribution in [3.05, 3.63) is 39.9 Å². The SMILES string of the molecule is CC(C)(NS(C)(=O)=O)c1cccc([N+](=O)[O-])c1. The van der Waals surface area contributed by atoms with Crippen LogP contribution in [0.1, 0.15) is 19.4 Å². The summed E-state index contributed by atoms with van der Waals surface area (Å²) in [5.74, 6) is 0. The van der Waals surface area contributed by atoms with Crippen LogP contribution in [0.4, 0.5) is 5.69 Å². The Balaban J connectivity index is 3.15. The molecule has 1 aromatic carbocycles. The maximum atomic E-state index is 11.2. The number of non-ortho nitro benzene ring substituents is 1. The quantitative estimate of drug-likeness (QED) is 0.652. The van der Waals surface area contributed by atoms with E-state index in [-0.39, 0.29) is 5.69 Å². The standard InChI is InChI=1S/C10H14N2O4S/c1-10(2,11-17(3,15)16)8-5-4-6-9(7-8)12(13)14/h4-7,11H,1-3H3. The molecule has 1 rings (SSSR count). The third-order valence-corrected chi connectivity index (χ3v) is 3.10. The fourth-order valence-corrected chi connectivity index (χ4v) is 2.58. The van der Waals surface area contributed by atoms with Crippen LogP contribution < -0.4 is 4.72 Å². The molecule has 94 valence electrons. The molecule has 0 heterocycles. The largest absolute Gasteiger partial charge is 0.269 e. The van der Waals surface area contributed by atoms with Crippen LogP contribution in [0.3, 0.4) is 0 Å². The first-order chi connectivity index (χ1) is 7.62. The Bertz CT molecular complexity index is 537. The molecule has 0 fully saturated rings. The van der Waals surface area contributed by atoms with Crippen LogP contribution in [0.2, 0.25) is 0 Å². The van der Waals surface area contributed by atoms with E-state index in [2.05, 4.69) is 4.72 Å². The first-order valence-electron chi connectivity index (χ1n) is 4.86. The van der Waals surface area contributed by atoms with Crippen molar-refractivity contribution in [2.45, 2.75) is 19.4 Å². The van der Waals surface area contributed by atoms with E-state index in [9.17, 15) is 18.5 Å². The second-order valence-corrected chi connectivity index (χ2v) is 6.06. The minimum Gasteiger partial charge on any atom is -0.258 e. The number of benzene rings is 1. The highest BCUT2D eigenvalue weighted by atomic mass is 32.2. The Morgan fingerprint density at radius 2 is 1.94 bits per heavy atom. The molecular weight excluding hydrogens is 244 g/mol. The van der Waals surface area contributed by atoms with Crippen LogP contribution in [0.25, 0.3) is 0 Å². The van der Waals surface area contributed by atoms with E-state index in [4.69, 9.17) is 0 Å². The van der Waals surface area contributed by atoms with E-state index in [0.717, 1.165) is 6.26 Å². The summed E-state index contributed by atoms with van der Waals surface area (Å²) >= 11 is 0. The number of nitrogens with one attached hydrogen (secondary N) is 1. The zero-order valence-electron chi connectivity index (χ0n) is 9.80. The van der Waals surface area contributed by atoms with Crippen LogP contribution in [-0.4, -0.2) is 19.6 Å². The Hall–Kier alpha value is -1.47. The molecule has 1 aromatic rings. The van der Waals surface area contributed by atoms with Crippen LogP contribution >= 0.6 is 0 Å². The molecule has 0 bridgehead atoms. The van der Waals surface area contributed by atoms with Crippen molar-refractivity contribution in [1.29, 1.82) is 0 Å². The highest BCUT2D eigenvalue weighted by Crippen LogP contribution is 2.24. The van der Waals surface area contributed by atoms with Crippen molar-refractivity contribution in [1.82, 2.24) is 4.72 Å². The van der Waals surface area contributed by atoms with Gasteiger partial charge in [0, 0.05) is 12.1 Å². The zero-order valence-corrected chi connectivity index (χ0v) is 10.6. The molecule has 0 unspecified atom stereocenters. The van der Waals surface area contributed by atoms with Gasteiger partial charge < -0.3 is 0 Å². The Morgan fingerprint density at radius 1 is 1.35 bits per heavy atom. The second-order valence-electron chi connectivity index (χ2n) is 4.31. The van der Waals surface area contributed by atoms with Gasteiger partial charge in [-0.2, -0.15) is 0 Å². The second kappa shape index (κ2) is 4.42. The van der Waals surface area contributed by atoms with Gasteiger partial charge in [0.1, 0.15) is 0 Å². The summed E-state index contributed by atoms with van der Waals surface area (Å²) in [4.78, 5) is 10.1. The van der Waals surface area contributed by atoms with E-state index >= 15 is 0 Å². The molecule has 0 saturated heterocycles. The van der Waals surface area contributed by atoms with Gasteiger partial charge in [0.2, 0.25) is 10.0 Å². The number of nitro benzene ring substituents is 1. The third kappa shape index (κ3) is 3.79. The molecule has 0 aliphatic heterocycles. The van der Waals surface area contributed by atoms with Gasteiger partial charge in [-0.15, -0.1) is 0 Å². The summed E-state index contributed by atoms with van der Waals surface area (Å²) in [6.07, 6.45) is 1.05. The molecule has 0 spiro atoms. The van der Waals surface area contributed by atoms with Crippen LogP contribution in [-0.2, 0) is 15.6 Å². The third-order valence-electron chi connectivity index (χ3n) is 2.22. The Morgan fingerprint density at radius 3 is 2.41 bits per heavy atom. The lowest BCUT2D eigenvalue weighted by molar-refractivity contribution is -0.385. The van der Waals surface area contributed by atoms with Crippen LogP contribution in [0.15, 0.2) is 24.3 Å². The van der Waals surface area contributed by atoms with Gasteiger partial charge in [0.15, 0.2) is 0 Å². The fourth-order valence-electron chi connectivity index (χ4n) is 1.53. The predicted octanol–water partition coefficient (Wildman–Crippen LogP) is 1.38. The average molecular weight is 258 g/mol. The maximum absolute atomic E-state index is 11.2. The van der Waals surface area contributed by atoms with E-state index in [1.165, 1.54) is 18.2 Å². The van der Waals surface area contributed by atoms with Gasteiger partial charge in [-0.1, -0.05) is 12.1 Å². The average Bonchev–Trinajstić information content (AvgIpc) is 2.14. The number of nitrogens with zero attached hydrogens (tertiary/aromatic N) is 1. The van der Waals surface area contributed by atoms with Crippen molar-refractivity contribution >= 4 is 15.7 Å². The molecule has 1 N–H and O–H groups in total. The van der Waals surface area contributed by atoms with Gasteiger partial charge in [-0.25, -0.2) is 13.1 Å². The number of rotatable bonds is 4. The molecule has 0 aliphatic carbocycles. The van der Waals surface area contributed by atoms with E-state index in [1.807, 2.05) is 0 Å². The molecule has 0 atom stereocenters. The van der Waals surface area contributed by atoms with Gasteiger partial charge in [0.05, 0.1) is 16.7 Å². The van der Waals surface area contributed by atoms with Crippen molar-refractivity contribution in [2.24, 2.45) is 0 Å². The predicted molar refractivity (Wildman–Crippen MR) is 64.1 cm³/mol. The maximum Gasteiger partial charge on any atom is 0.269 e. The zero-order chi connectivity index (χ0) is 13.3. The molecule has 0 amide bonds. The molecular formula is C10H14N2O4S. The topological polar surface area (TPSA) is 89.3 Å². The summed E-state index contributed by atoms with van der Waals surface area (Å²) in [6.45, 7) is 3.29. The minimum absolute atomic E-state index is 0.0640. The summed E-state index contributed by atoms with van der Waals surface area (Å²) < 4.78 is 24.8. The lowest BCUT2D eigenvalue weighted by Gasteiger charge is -2.25. The van der Waals surface area contributed by atoms with Crippen molar-refractivity contribution in [3.63, 3.8) is 0 Å². The lowest BCUT2D eigenvalue weighted by Crippen LogP contribution is -2.40. The van der Waals surface area contributed by atoms with Gasteiger partial charge in [0.25, 0.3) is 5.69 Å². The number of hydrogen-bond acceptors (Lipinski definition) is 4. The number of sulfonamides is 1. The van der Waals surface area contributed by atoms with E-state index in [0.29, 0.717) is 5.56 Å².